The molecular formula is C24H42N4O3. The Kier molecular flexibility index (Phi) is 8.64. The SMILES string of the molecule is CCNC(=NCCC1=CCOCC1)N1CCC(N(CC2CC2)C(=O)OC(C)(C)C)CC1. The Hall–Kier alpha value is -1.76. The second kappa shape index (κ2) is 11.2. The summed E-state index contributed by atoms with van der Waals surface area (Å²) in [5, 5.41) is 3.46. The van der Waals surface area contributed by atoms with Crippen molar-refractivity contribution in [2.75, 3.05) is 45.9 Å². The number of hydrogen-bond acceptors (Lipinski definition) is 4. The lowest BCUT2D eigenvalue weighted by atomic mass is 10.0. The predicted octanol–water partition coefficient (Wildman–Crippen LogP) is 3.80. The van der Waals surface area contributed by atoms with Crippen LogP contribution in [0.1, 0.15) is 66.2 Å². The second-order valence-corrected chi connectivity index (χ2v) is 9.97. The van der Waals surface area contributed by atoms with Crippen molar-refractivity contribution in [1.82, 2.24) is 15.1 Å². The molecule has 0 unspecified atom stereocenters. The number of carbonyl (C=O) groups excluding carboxylic acids is 1. The summed E-state index contributed by atoms with van der Waals surface area (Å²) in [5.74, 6) is 1.66. The molecule has 1 amide bonds. The summed E-state index contributed by atoms with van der Waals surface area (Å²) < 4.78 is 11.1. The smallest absolute Gasteiger partial charge is 0.410 e. The standard InChI is InChI=1S/C24H42N4O3/c1-5-25-22(26-13-8-19-11-16-30-17-12-19)27-14-9-21(10-15-27)28(18-20-6-7-20)23(29)31-24(2,3)4/h11,20-21H,5-10,12-18H2,1-4H3,(H,25,26). The molecule has 1 N–H and O–H groups in total. The number of nitrogens with one attached hydrogen (secondary N) is 1. The quantitative estimate of drug-likeness (QED) is 0.375. The van der Waals surface area contributed by atoms with Gasteiger partial charge in [0.2, 0.25) is 0 Å². The van der Waals surface area contributed by atoms with Gasteiger partial charge < -0.3 is 24.6 Å². The summed E-state index contributed by atoms with van der Waals surface area (Å²) in [6, 6.07) is 0.252. The molecule has 0 aromatic rings. The van der Waals surface area contributed by atoms with E-state index in [4.69, 9.17) is 14.5 Å². The van der Waals surface area contributed by atoms with E-state index in [0.29, 0.717) is 5.92 Å². The lowest BCUT2D eigenvalue weighted by molar-refractivity contribution is 0.00928. The minimum Gasteiger partial charge on any atom is -0.444 e. The minimum atomic E-state index is -0.454. The van der Waals surface area contributed by atoms with Crippen LogP contribution in [0.25, 0.3) is 0 Å². The normalized spacial score (nSPS) is 21.0. The van der Waals surface area contributed by atoms with Crippen LogP contribution in [0.4, 0.5) is 4.79 Å². The van der Waals surface area contributed by atoms with Gasteiger partial charge in [0.25, 0.3) is 0 Å². The topological polar surface area (TPSA) is 66.4 Å². The van der Waals surface area contributed by atoms with E-state index in [0.717, 1.165) is 77.6 Å². The van der Waals surface area contributed by atoms with Gasteiger partial charge in [-0.25, -0.2) is 4.79 Å². The van der Waals surface area contributed by atoms with Crippen LogP contribution in [-0.4, -0.2) is 79.4 Å². The highest BCUT2D eigenvalue weighted by molar-refractivity contribution is 5.80. The molecule has 7 heteroatoms. The van der Waals surface area contributed by atoms with Gasteiger partial charge >= 0.3 is 6.09 Å². The maximum Gasteiger partial charge on any atom is 0.410 e. The monoisotopic (exact) mass is 434 g/mol. The minimum absolute atomic E-state index is 0.150. The van der Waals surface area contributed by atoms with E-state index in [1.165, 1.54) is 18.4 Å². The molecule has 0 radical (unpaired) electrons. The van der Waals surface area contributed by atoms with Crippen LogP contribution in [0.3, 0.4) is 0 Å². The summed E-state index contributed by atoms with van der Waals surface area (Å²) in [7, 11) is 0. The third kappa shape index (κ3) is 8.02. The number of guanidine groups is 1. The summed E-state index contributed by atoms with van der Waals surface area (Å²) >= 11 is 0. The van der Waals surface area contributed by atoms with Gasteiger partial charge in [-0.3, -0.25) is 4.99 Å². The van der Waals surface area contributed by atoms with E-state index in [1.54, 1.807) is 0 Å². The maximum atomic E-state index is 12.9. The van der Waals surface area contributed by atoms with Crippen LogP contribution in [-0.2, 0) is 9.47 Å². The number of nitrogens with zero attached hydrogens (tertiary/aromatic N) is 3. The van der Waals surface area contributed by atoms with Crippen molar-refractivity contribution in [2.45, 2.75) is 77.9 Å². The van der Waals surface area contributed by atoms with Crippen molar-refractivity contribution in [3.05, 3.63) is 11.6 Å². The number of likely N-dealkylation sites (tertiary alicyclic amines) is 1. The van der Waals surface area contributed by atoms with E-state index in [-0.39, 0.29) is 12.1 Å². The van der Waals surface area contributed by atoms with Crippen LogP contribution in [0.2, 0.25) is 0 Å². The molecule has 0 aromatic heterocycles. The van der Waals surface area contributed by atoms with Crippen molar-refractivity contribution < 1.29 is 14.3 Å². The molecule has 0 aromatic carbocycles. The van der Waals surface area contributed by atoms with Crippen molar-refractivity contribution >= 4 is 12.1 Å². The van der Waals surface area contributed by atoms with Gasteiger partial charge in [0.05, 0.1) is 13.2 Å². The van der Waals surface area contributed by atoms with Crippen molar-refractivity contribution in [3.63, 3.8) is 0 Å². The lowest BCUT2D eigenvalue weighted by Crippen LogP contribution is -2.52. The van der Waals surface area contributed by atoms with E-state index in [9.17, 15) is 4.79 Å². The molecule has 1 saturated heterocycles. The zero-order chi connectivity index (χ0) is 22.3. The van der Waals surface area contributed by atoms with Gasteiger partial charge in [-0.1, -0.05) is 11.6 Å². The first-order chi connectivity index (χ1) is 14.9. The Labute approximate surface area is 188 Å². The van der Waals surface area contributed by atoms with Crippen molar-refractivity contribution in [1.29, 1.82) is 0 Å². The molecule has 176 valence electrons. The van der Waals surface area contributed by atoms with Crippen LogP contribution in [0, 0.1) is 5.92 Å². The molecule has 1 saturated carbocycles. The lowest BCUT2D eigenvalue weighted by Gasteiger charge is -2.40. The van der Waals surface area contributed by atoms with Gasteiger partial charge in [-0.2, -0.15) is 0 Å². The Morgan fingerprint density at radius 3 is 2.61 bits per heavy atom. The van der Waals surface area contributed by atoms with E-state index in [2.05, 4.69) is 23.2 Å². The molecule has 2 aliphatic heterocycles. The fourth-order valence-electron chi connectivity index (χ4n) is 4.18. The molecule has 3 aliphatic rings. The average Bonchev–Trinajstić information content (AvgIpc) is 3.55. The van der Waals surface area contributed by atoms with Crippen molar-refractivity contribution in [2.24, 2.45) is 10.9 Å². The van der Waals surface area contributed by atoms with Crippen LogP contribution in [0.5, 0.6) is 0 Å². The molecule has 1 aliphatic carbocycles. The van der Waals surface area contributed by atoms with E-state index >= 15 is 0 Å². The van der Waals surface area contributed by atoms with E-state index < -0.39 is 5.60 Å². The number of ether oxygens (including phenoxy) is 2. The van der Waals surface area contributed by atoms with Crippen LogP contribution in [0.15, 0.2) is 16.6 Å². The zero-order valence-electron chi connectivity index (χ0n) is 20.0. The predicted molar refractivity (Wildman–Crippen MR) is 124 cm³/mol. The summed E-state index contributed by atoms with van der Waals surface area (Å²) in [6.07, 6.45) is 8.46. The molecule has 7 nitrogen and oxygen atoms in total. The summed E-state index contributed by atoms with van der Waals surface area (Å²) in [5.41, 5.74) is 1.00. The van der Waals surface area contributed by atoms with E-state index in [1.807, 2.05) is 25.7 Å². The highest BCUT2D eigenvalue weighted by atomic mass is 16.6. The highest BCUT2D eigenvalue weighted by Crippen LogP contribution is 2.32. The molecule has 0 atom stereocenters. The summed E-state index contributed by atoms with van der Waals surface area (Å²) in [4.78, 5) is 22.1. The number of carbonyl (C=O) groups is 1. The number of rotatable bonds is 7. The maximum absolute atomic E-state index is 12.9. The fraction of sp³-hybridized carbons (Fsp3) is 0.833. The van der Waals surface area contributed by atoms with Crippen LogP contribution < -0.4 is 5.32 Å². The average molecular weight is 435 g/mol. The van der Waals surface area contributed by atoms with Gasteiger partial charge in [-0.15, -0.1) is 0 Å². The molecule has 31 heavy (non-hydrogen) atoms. The Bertz CT molecular complexity index is 644. The fourth-order valence-corrected chi connectivity index (χ4v) is 4.18. The van der Waals surface area contributed by atoms with Gasteiger partial charge in [0.1, 0.15) is 5.60 Å². The third-order valence-electron chi connectivity index (χ3n) is 6.07. The summed E-state index contributed by atoms with van der Waals surface area (Å²) in [6.45, 7) is 13.8. The Morgan fingerprint density at radius 2 is 2.03 bits per heavy atom. The molecule has 0 spiro atoms. The largest absolute Gasteiger partial charge is 0.444 e. The molecule has 2 fully saturated rings. The number of amides is 1. The first-order valence-electron chi connectivity index (χ1n) is 12.1. The molecule has 2 heterocycles. The third-order valence-corrected chi connectivity index (χ3v) is 6.07. The van der Waals surface area contributed by atoms with Crippen molar-refractivity contribution in [3.8, 4) is 0 Å². The molecular weight excluding hydrogens is 392 g/mol. The first kappa shape index (κ1) is 23.9. The Morgan fingerprint density at radius 1 is 1.29 bits per heavy atom. The van der Waals surface area contributed by atoms with Gasteiger partial charge in [-0.05, 0) is 72.1 Å². The number of hydrogen-bond donors (Lipinski definition) is 1. The zero-order valence-corrected chi connectivity index (χ0v) is 20.0. The number of aliphatic imine (C=N–C) groups is 1. The first-order valence-corrected chi connectivity index (χ1v) is 12.1. The van der Waals surface area contributed by atoms with Crippen LogP contribution >= 0.6 is 0 Å². The van der Waals surface area contributed by atoms with Gasteiger partial charge in [0.15, 0.2) is 5.96 Å². The highest BCUT2D eigenvalue weighted by Gasteiger charge is 2.35. The molecule has 0 bridgehead atoms. The van der Waals surface area contributed by atoms with Gasteiger partial charge in [0, 0.05) is 38.8 Å². The number of piperidine rings is 1. The second-order valence-electron chi connectivity index (χ2n) is 9.97. The molecule has 3 rings (SSSR count). The Balaban J connectivity index is 1.54.